The highest BCUT2D eigenvalue weighted by Gasteiger charge is 2.76. The normalized spacial score (nSPS) is 52.1. The predicted molar refractivity (Wildman–Crippen MR) is 79.8 cm³/mol. The maximum Gasteiger partial charge on any atom is 0.310 e. The molecule has 0 aromatic heterocycles. The van der Waals surface area contributed by atoms with Gasteiger partial charge < -0.3 is 9.84 Å². The van der Waals surface area contributed by atoms with E-state index in [1.807, 2.05) is 6.92 Å². The van der Waals surface area contributed by atoms with E-state index in [0.717, 1.165) is 25.7 Å². The van der Waals surface area contributed by atoms with Crippen LogP contribution < -0.4 is 0 Å². The third-order valence-electron chi connectivity index (χ3n) is 7.07. The molecule has 1 spiro atoms. The number of carbonyl (C=O) groups is 2. The van der Waals surface area contributed by atoms with E-state index in [9.17, 15) is 14.7 Å². The summed E-state index contributed by atoms with van der Waals surface area (Å²) in [6.07, 6.45) is 5.29. The van der Waals surface area contributed by atoms with Crippen LogP contribution in [0.15, 0.2) is 24.8 Å². The van der Waals surface area contributed by atoms with E-state index >= 15 is 0 Å². The fourth-order valence-corrected chi connectivity index (χ4v) is 6.40. The molecule has 2 bridgehead atoms. The summed E-state index contributed by atoms with van der Waals surface area (Å²) >= 11 is 0. The van der Waals surface area contributed by atoms with E-state index < -0.39 is 17.5 Å². The molecule has 4 rings (SSSR count). The average Bonchev–Trinajstić information content (AvgIpc) is 2.97. The van der Waals surface area contributed by atoms with Crippen molar-refractivity contribution in [3.63, 3.8) is 0 Å². The lowest BCUT2D eigenvalue weighted by molar-refractivity contribution is -0.154. The van der Waals surface area contributed by atoms with Gasteiger partial charge in [-0.2, -0.15) is 0 Å². The van der Waals surface area contributed by atoms with Gasteiger partial charge in [0.1, 0.15) is 5.60 Å². The largest absolute Gasteiger partial charge is 0.481 e. The molecule has 4 heteroatoms. The van der Waals surface area contributed by atoms with Crippen molar-refractivity contribution in [3.05, 3.63) is 24.8 Å². The fourth-order valence-electron chi connectivity index (χ4n) is 6.40. The number of hydrogen-bond donors (Lipinski definition) is 1. The summed E-state index contributed by atoms with van der Waals surface area (Å²) in [6, 6.07) is 0. The molecule has 4 aliphatic rings. The van der Waals surface area contributed by atoms with Gasteiger partial charge in [0.15, 0.2) is 0 Å². The molecule has 1 aliphatic heterocycles. The van der Waals surface area contributed by atoms with Crippen molar-refractivity contribution in [2.75, 3.05) is 0 Å². The lowest BCUT2D eigenvalue weighted by Gasteiger charge is -2.42. The third kappa shape index (κ3) is 1.31. The highest BCUT2D eigenvalue weighted by atomic mass is 16.6. The van der Waals surface area contributed by atoms with Crippen LogP contribution in [0.4, 0.5) is 0 Å². The predicted octanol–water partition coefficient (Wildman–Crippen LogP) is 2.80. The van der Waals surface area contributed by atoms with Gasteiger partial charge in [-0.3, -0.25) is 9.59 Å². The van der Waals surface area contributed by atoms with E-state index in [0.29, 0.717) is 5.92 Å². The minimum atomic E-state index is -0.796. The van der Waals surface area contributed by atoms with E-state index in [2.05, 4.69) is 13.2 Å². The number of ether oxygens (including phenoxy) is 1. The van der Waals surface area contributed by atoms with Crippen LogP contribution in [-0.2, 0) is 14.3 Å². The molecular weight excluding hydrogens is 280 g/mol. The van der Waals surface area contributed by atoms with Crippen LogP contribution in [0, 0.1) is 35.0 Å². The lowest BCUT2D eigenvalue weighted by Crippen LogP contribution is -2.43. The topological polar surface area (TPSA) is 63.6 Å². The zero-order valence-electron chi connectivity index (χ0n) is 12.9. The Balaban J connectivity index is 1.93. The summed E-state index contributed by atoms with van der Waals surface area (Å²) in [6.45, 7) is 9.94. The number of fused-ring (bicyclic) bond motifs is 3. The SMILES string of the molecule is C=CC12OC(=O)C(C)C1C(C(=O)O)C13CC(=C)C(CCC12)C3. The summed E-state index contributed by atoms with van der Waals surface area (Å²) in [5.41, 5.74) is 0.0846. The molecule has 22 heavy (non-hydrogen) atoms. The number of allylic oxidation sites excluding steroid dienone is 1. The Bertz CT molecular complexity index is 608. The maximum absolute atomic E-state index is 12.2. The number of carboxylic acids is 1. The van der Waals surface area contributed by atoms with Crippen molar-refractivity contribution in [2.24, 2.45) is 35.0 Å². The zero-order chi connectivity index (χ0) is 15.9. The van der Waals surface area contributed by atoms with Crippen molar-refractivity contribution in [2.45, 2.75) is 38.2 Å². The number of rotatable bonds is 2. The van der Waals surface area contributed by atoms with Gasteiger partial charge in [0.05, 0.1) is 11.8 Å². The molecule has 0 amide bonds. The average molecular weight is 302 g/mol. The first-order chi connectivity index (χ1) is 10.4. The second-order valence-electron chi connectivity index (χ2n) is 7.71. The third-order valence-corrected chi connectivity index (χ3v) is 7.07. The minimum Gasteiger partial charge on any atom is -0.481 e. The summed E-state index contributed by atoms with van der Waals surface area (Å²) in [5, 5.41) is 9.98. The molecule has 1 saturated heterocycles. The Morgan fingerprint density at radius 1 is 1.45 bits per heavy atom. The smallest absolute Gasteiger partial charge is 0.310 e. The molecule has 0 aromatic rings. The Morgan fingerprint density at radius 2 is 2.18 bits per heavy atom. The van der Waals surface area contributed by atoms with Gasteiger partial charge in [-0.15, -0.1) is 0 Å². The number of carbonyl (C=O) groups excluding carboxylic acids is 1. The van der Waals surface area contributed by atoms with Gasteiger partial charge in [0.2, 0.25) is 0 Å². The molecule has 7 unspecified atom stereocenters. The van der Waals surface area contributed by atoms with Gasteiger partial charge in [0.25, 0.3) is 0 Å². The summed E-state index contributed by atoms with van der Waals surface area (Å²) in [5.74, 6) is -1.79. The number of hydrogen-bond acceptors (Lipinski definition) is 3. The van der Waals surface area contributed by atoms with Crippen molar-refractivity contribution in [1.29, 1.82) is 0 Å². The van der Waals surface area contributed by atoms with Crippen LogP contribution in [0.5, 0.6) is 0 Å². The monoisotopic (exact) mass is 302 g/mol. The summed E-state index contributed by atoms with van der Waals surface area (Å²) < 4.78 is 5.81. The van der Waals surface area contributed by atoms with Crippen molar-refractivity contribution >= 4 is 11.9 Å². The first kappa shape index (κ1) is 14.0. The fraction of sp³-hybridized carbons (Fsp3) is 0.667. The highest BCUT2D eigenvalue weighted by molar-refractivity contribution is 5.81. The van der Waals surface area contributed by atoms with Crippen LogP contribution in [0.3, 0.4) is 0 Å². The van der Waals surface area contributed by atoms with Gasteiger partial charge in [-0.05, 0) is 43.1 Å². The van der Waals surface area contributed by atoms with Gasteiger partial charge in [0, 0.05) is 11.8 Å². The zero-order valence-corrected chi connectivity index (χ0v) is 12.9. The summed E-state index contributed by atoms with van der Waals surface area (Å²) in [7, 11) is 0. The van der Waals surface area contributed by atoms with E-state index in [1.165, 1.54) is 5.57 Å². The second kappa shape index (κ2) is 4.03. The molecule has 3 aliphatic carbocycles. The molecule has 118 valence electrons. The van der Waals surface area contributed by atoms with Crippen molar-refractivity contribution < 1.29 is 19.4 Å². The molecule has 4 fully saturated rings. The highest BCUT2D eigenvalue weighted by Crippen LogP contribution is 2.73. The molecule has 3 saturated carbocycles. The van der Waals surface area contributed by atoms with E-state index in [4.69, 9.17) is 4.74 Å². The Hall–Kier alpha value is -1.58. The van der Waals surface area contributed by atoms with E-state index in [1.54, 1.807) is 6.08 Å². The van der Waals surface area contributed by atoms with Crippen LogP contribution in [-0.4, -0.2) is 22.6 Å². The lowest BCUT2D eigenvalue weighted by atomic mass is 9.63. The quantitative estimate of drug-likeness (QED) is 0.629. The van der Waals surface area contributed by atoms with Crippen LogP contribution in [0.1, 0.15) is 32.6 Å². The first-order valence-electron chi connectivity index (χ1n) is 8.14. The molecule has 0 aromatic carbocycles. The van der Waals surface area contributed by atoms with Crippen LogP contribution in [0.2, 0.25) is 0 Å². The molecule has 0 radical (unpaired) electrons. The number of carboxylic acid groups (broad SMARTS) is 1. The second-order valence-corrected chi connectivity index (χ2v) is 7.71. The van der Waals surface area contributed by atoms with Gasteiger partial charge in [-0.1, -0.05) is 25.7 Å². The number of esters is 1. The van der Waals surface area contributed by atoms with Crippen molar-refractivity contribution in [3.8, 4) is 0 Å². The molecule has 1 N–H and O–H groups in total. The maximum atomic E-state index is 12.2. The Labute approximate surface area is 130 Å². The molecular formula is C18H22O4. The van der Waals surface area contributed by atoms with Crippen LogP contribution in [0.25, 0.3) is 0 Å². The van der Waals surface area contributed by atoms with Crippen LogP contribution >= 0.6 is 0 Å². The van der Waals surface area contributed by atoms with E-state index in [-0.39, 0.29) is 29.1 Å². The molecule has 1 heterocycles. The van der Waals surface area contributed by atoms with Gasteiger partial charge in [-0.25, -0.2) is 0 Å². The Morgan fingerprint density at radius 3 is 2.82 bits per heavy atom. The van der Waals surface area contributed by atoms with Crippen molar-refractivity contribution in [1.82, 2.24) is 0 Å². The standard InChI is InChI=1S/C18H22O4/c1-4-18-12-6-5-11-8-17(12,7-9(11)2)14(15(19)20)13(18)10(3)16(21)22-18/h4,10-14H,1-2,5-8H2,3H3,(H,19,20). The summed E-state index contributed by atoms with van der Waals surface area (Å²) in [4.78, 5) is 24.3. The molecule has 7 atom stereocenters. The van der Waals surface area contributed by atoms with Gasteiger partial charge >= 0.3 is 11.9 Å². The minimum absolute atomic E-state index is 0.0630. The first-order valence-corrected chi connectivity index (χ1v) is 8.14. The number of aliphatic carboxylic acids is 1. The molecule has 4 nitrogen and oxygen atoms in total. The Kier molecular flexibility index (Phi) is 2.57.